The third kappa shape index (κ3) is 12.6. The lowest BCUT2D eigenvalue weighted by Crippen LogP contribution is -2.35. The molecule has 0 radical (unpaired) electrons. The molecule has 1 aliphatic heterocycles. The summed E-state index contributed by atoms with van der Waals surface area (Å²) in [5, 5.41) is 0. The van der Waals surface area contributed by atoms with E-state index in [2.05, 4.69) is 13.5 Å². The third-order valence-electron chi connectivity index (χ3n) is 5.03. The molecule has 1 saturated heterocycles. The molecule has 0 atom stereocenters. The van der Waals surface area contributed by atoms with Crippen molar-refractivity contribution in [2.45, 2.75) is 84.0 Å². The van der Waals surface area contributed by atoms with Crippen molar-refractivity contribution in [1.82, 2.24) is 4.90 Å². The van der Waals surface area contributed by atoms with E-state index in [1.54, 1.807) is 0 Å². The Bertz CT molecular complexity index is 518. The number of amides is 2. The quantitative estimate of drug-likeness (QED) is 0.134. The fraction of sp³-hybridized carbons (Fsp3) is 0.783. The van der Waals surface area contributed by atoms with Crippen LogP contribution in [-0.4, -0.2) is 55.7 Å². The molecule has 0 aromatic carbocycles. The van der Waals surface area contributed by atoms with Crippen molar-refractivity contribution in [2.24, 2.45) is 0 Å². The number of carbonyl (C=O) groups excluding carboxylic acids is 3. The molecule has 0 spiro atoms. The highest BCUT2D eigenvalue weighted by Gasteiger charge is 2.30. The van der Waals surface area contributed by atoms with Crippen LogP contribution in [-0.2, 0) is 28.6 Å². The van der Waals surface area contributed by atoms with Gasteiger partial charge in [-0.15, -0.1) is 0 Å². The lowest BCUT2D eigenvalue weighted by molar-refractivity contribution is -0.153. The van der Waals surface area contributed by atoms with Crippen molar-refractivity contribution < 1.29 is 28.6 Å². The van der Waals surface area contributed by atoms with Gasteiger partial charge in [0.2, 0.25) is 11.8 Å². The van der Waals surface area contributed by atoms with Gasteiger partial charge < -0.3 is 14.2 Å². The molecule has 30 heavy (non-hydrogen) atoms. The van der Waals surface area contributed by atoms with Gasteiger partial charge in [-0.05, 0) is 6.42 Å². The highest BCUT2D eigenvalue weighted by molar-refractivity contribution is 6.04. The number of unbranched alkanes of at least 4 members (excludes halogenated alkanes) is 8. The fourth-order valence-electron chi connectivity index (χ4n) is 3.24. The molecule has 0 N–H and O–H groups in total. The average Bonchev–Trinajstić information content (AvgIpc) is 3.03. The summed E-state index contributed by atoms with van der Waals surface area (Å²) in [5.41, 5.74) is 0. The zero-order chi connectivity index (χ0) is 22.0. The van der Waals surface area contributed by atoms with Gasteiger partial charge in [0.1, 0.15) is 19.8 Å². The molecule has 1 aliphatic rings. The van der Waals surface area contributed by atoms with E-state index in [-0.39, 0.29) is 44.4 Å². The molecule has 7 nitrogen and oxygen atoms in total. The topological polar surface area (TPSA) is 82.1 Å². The van der Waals surface area contributed by atoms with E-state index in [0.717, 1.165) is 23.5 Å². The zero-order valence-corrected chi connectivity index (χ0v) is 18.6. The van der Waals surface area contributed by atoms with Gasteiger partial charge in [-0.3, -0.25) is 19.3 Å². The molecule has 0 saturated carbocycles. The van der Waals surface area contributed by atoms with Gasteiger partial charge in [-0.2, -0.15) is 0 Å². The monoisotopic (exact) mass is 425 g/mol. The number of ether oxygens (including phenoxy) is 3. The van der Waals surface area contributed by atoms with Crippen molar-refractivity contribution in [3.05, 3.63) is 12.3 Å². The second-order valence-electron chi connectivity index (χ2n) is 7.67. The SMILES string of the molecule is C=C(CCCCCCCCCCC)OCCOCCOC(=O)CN1C(=O)CCC1=O. The Morgan fingerprint density at radius 2 is 1.37 bits per heavy atom. The largest absolute Gasteiger partial charge is 0.496 e. The second kappa shape index (κ2) is 16.9. The van der Waals surface area contributed by atoms with E-state index >= 15 is 0 Å². The van der Waals surface area contributed by atoms with Gasteiger partial charge in [0.15, 0.2) is 0 Å². The van der Waals surface area contributed by atoms with Crippen LogP contribution in [0.4, 0.5) is 0 Å². The normalized spacial score (nSPS) is 13.7. The van der Waals surface area contributed by atoms with Crippen molar-refractivity contribution in [2.75, 3.05) is 33.0 Å². The van der Waals surface area contributed by atoms with Crippen molar-refractivity contribution >= 4 is 17.8 Å². The van der Waals surface area contributed by atoms with E-state index < -0.39 is 5.97 Å². The molecule has 1 rings (SSSR count). The first-order valence-electron chi connectivity index (χ1n) is 11.4. The van der Waals surface area contributed by atoms with E-state index in [0.29, 0.717) is 13.2 Å². The summed E-state index contributed by atoms with van der Waals surface area (Å²) in [4.78, 5) is 35.4. The smallest absolute Gasteiger partial charge is 0.326 e. The van der Waals surface area contributed by atoms with Crippen molar-refractivity contribution in [3.8, 4) is 0 Å². The Balaban J connectivity index is 1.86. The molecule has 0 aliphatic carbocycles. The van der Waals surface area contributed by atoms with Crippen molar-refractivity contribution in [3.63, 3.8) is 0 Å². The Hall–Kier alpha value is -1.89. The Morgan fingerprint density at radius 1 is 0.833 bits per heavy atom. The minimum atomic E-state index is -0.604. The van der Waals surface area contributed by atoms with Crippen LogP contribution < -0.4 is 0 Å². The summed E-state index contributed by atoms with van der Waals surface area (Å²) in [5.74, 6) is -0.471. The first-order chi connectivity index (χ1) is 14.5. The van der Waals surface area contributed by atoms with Crippen molar-refractivity contribution in [1.29, 1.82) is 0 Å². The molecular weight excluding hydrogens is 386 g/mol. The molecule has 7 heteroatoms. The predicted molar refractivity (Wildman–Crippen MR) is 115 cm³/mol. The van der Waals surface area contributed by atoms with Gasteiger partial charge in [-0.1, -0.05) is 64.9 Å². The molecule has 0 bridgehead atoms. The standard InChI is InChI=1S/C23H39NO6/c1-3-4-5-6-7-8-9-10-11-12-20(2)29-17-15-28-16-18-30-23(27)19-24-21(25)13-14-22(24)26/h2-19H2,1H3. The van der Waals surface area contributed by atoms with E-state index in [1.165, 1.54) is 51.4 Å². The van der Waals surface area contributed by atoms with Crippen LogP contribution in [0.3, 0.4) is 0 Å². The Labute approximate surface area is 181 Å². The second-order valence-corrected chi connectivity index (χ2v) is 7.67. The summed E-state index contributed by atoms with van der Waals surface area (Å²) in [7, 11) is 0. The number of likely N-dealkylation sites (tertiary alicyclic amines) is 1. The lowest BCUT2D eigenvalue weighted by Gasteiger charge is -2.13. The fourth-order valence-corrected chi connectivity index (χ4v) is 3.24. The summed E-state index contributed by atoms with van der Waals surface area (Å²) >= 11 is 0. The molecule has 1 heterocycles. The maximum absolute atomic E-state index is 11.6. The third-order valence-corrected chi connectivity index (χ3v) is 5.03. The summed E-state index contributed by atoms with van der Waals surface area (Å²) in [6.45, 7) is 6.97. The summed E-state index contributed by atoms with van der Waals surface area (Å²) in [6, 6.07) is 0. The highest BCUT2D eigenvalue weighted by atomic mass is 16.6. The molecule has 1 fully saturated rings. The van der Waals surface area contributed by atoms with E-state index in [4.69, 9.17) is 14.2 Å². The summed E-state index contributed by atoms with van der Waals surface area (Å²) in [6.07, 6.45) is 12.9. The van der Waals surface area contributed by atoms with Crippen LogP contribution in [0.25, 0.3) is 0 Å². The van der Waals surface area contributed by atoms with Gasteiger partial charge in [0.05, 0.1) is 19.0 Å². The first-order valence-corrected chi connectivity index (χ1v) is 11.4. The lowest BCUT2D eigenvalue weighted by atomic mass is 10.1. The van der Waals surface area contributed by atoms with Crippen LogP contribution in [0.2, 0.25) is 0 Å². The molecule has 2 amide bonds. The van der Waals surface area contributed by atoms with E-state index in [9.17, 15) is 14.4 Å². The molecule has 0 aromatic rings. The minimum Gasteiger partial charge on any atom is -0.496 e. The van der Waals surface area contributed by atoms with Gasteiger partial charge in [0.25, 0.3) is 0 Å². The number of hydrogen-bond acceptors (Lipinski definition) is 6. The van der Waals surface area contributed by atoms with Crippen LogP contribution in [0, 0.1) is 0 Å². The first kappa shape index (κ1) is 26.1. The van der Waals surface area contributed by atoms with Crippen LogP contribution in [0.5, 0.6) is 0 Å². The molecule has 172 valence electrons. The average molecular weight is 426 g/mol. The molecular formula is C23H39NO6. The maximum atomic E-state index is 11.6. The Kier molecular flexibility index (Phi) is 14.7. The summed E-state index contributed by atoms with van der Waals surface area (Å²) < 4.78 is 15.9. The maximum Gasteiger partial charge on any atom is 0.326 e. The number of nitrogens with zero attached hydrogens (tertiary/aromatic N) is 1. The van der Waals surface area contributed by atoms with Crippen LogP contribution in [0.1, 0.15) is 84.0 Å². The van der Waals surface area contributed by atoms with Crippen LogP contribution >= 0.6 is 0 Å². The number of carbonyl (C=O) groups is 3. The number of hydrogen-bond donors (Lipinski definition) is 0. The Morgan fingerprint density at radius 3 is 1.97 bits per heavy atom. The minimum absolute atomic E-state index is 0.0778. The number of rotatable bonds is 19. The molecule has 0 unspecified atom stereocenters. The number of allylic oxidation sites excluding steroid dienone is 1. The predicted octanol–water partition coefficient (Wildman–Crippen LogP) is 4.15. The number of esters is 1. The van der Waals surface area contributed by atoms with Crippen LogP contribution in [0.15, 0.2) is 12.3 Å². The molecule has 0 aromatic heterocycles. The highest BCUT2D eigenvalue weighted by Crippen LogP contribution is 2.13. The van der Waals surface area contributed by atoms with Gasteiger partial charge >= 0.3 is 5.97 Å². The van der Waals surface area contributed by atoms with E-state index in [1.807, 2.05) is 0 Å². The zero-order valence-electron chi connectivity index (χ0n) is 18.6. The van der Waals surface area contributed by atoms with Gasteiger partial charge in [-0.25, -0.2) is 0 Å². The number of imide groups is 1. The van der Waals surface area contributed by atoms with Gasteiger partial charge in [0, 0.05) is 19.3 Å².